The number of hydrogen-bond acceptors (Lipinski definition) is 3. The molecule has 0 aromatic rings. The van der Waals surface area contributed by atoms with Gasteiger partial charge in [0.25, 0.3) is 0 Å². The van der Waals surface area contributed by atoms with Crippen LogP contribution in [-0.2, 0) is 9.47 Å². The lowest BCUT2D eigenvalue weighted by Gasteiger charge is -2.10. The molecule has 3 nitrogen and oxygen atoms in total. The standard InChI is InChI=1S/C13H27NO2/c1-12(2)6-8-14-7-4-9-15-11-13-5-3-10-16-13/h12-14H,3-11H2,1-2H3. The van der Waals surface area contributed by atoms with Crippen molar-refractivity contribution in [2.45, 2.75) is 45.6 Å². The highest BCUT2D eigenvalue weighted by Gasteiger charge is 2.14. The van der Waals surface area contributed by atoms with Crippen LogP contribution >= 0.6 is 0 Å². The van der Waals surface area contributed by atoms with E-state index in [1.54, 1.807) is 0 Å². The molecule has 3 heteroatoms. The lowest BCUT2D eigenvalue weighted by molar-refractivity contribution is 0.0166. The normalized spacial score (nSPS) is 20.8. The number of ether oxygens (including phenoxy) is 2. The highest BCUT2D eigenvalue weighted by Crippen LogP contribution is 2.11. The van der Waals surface area contributed by atoms with Crippen LogP contribution in [-0.4, -0.2) is 39.0 Å². The van der Waals surface area contributed by atoms with Gasteiger partial charge in [0.15, 0.2) is 0 Å². The topological polar surface area (TPSA) is 30.5 Å². The van der Waals surface area contributed by atoms with Gasteiger partial charge in [-0.2, -0.15) is 0 Å². The van der Waals surface area contributed by atoms with Crippen molar-refractivity contribution in [2.24, 2.45) is 5.92 Å². The summed E-state index contributed by atoms with van der Waals surface area (Å²) in [5.74, 6) is 0.795. The maximum Gasteiger partial charge on any atom is 0.0809 e. The fraction of sp³-hybridized carbons (Fsp3) is 1.00. The third kappa shape index (κ3) is 7.20. The van der Waals surface area contributed by atoms with Gasteiger partial charge in [0.05, 0.1) is 12.7 Å². The number of rotatable bonds is 9. The van der Waals surface area contributed by atoms with E-state index in [0.717, 1.165) is 45.2 Å². The second-order valence-corrected chi connectivity index (χ2v) is 5.00. The number of nitrogens with one attached hydrogen (secondary N) is 1. The second-order valence-electron chi connectivity index (χ2n) is 5.00. The summed E-state index contributed by atoms with van der Waals surface area (Å²) in [6, 6.07) is 0. The molecule has 1 unspecified atom stereocenters. The Morgan fingerprint density at radius 1 is 1.38 bits per heavy atom. The van der Waals surface area contributed by atoms with Gasteiger partial charge in [-0.3, -0.25) is 0 Å². The van der Waals surface area contributed by atoms with E-state index >= 15 is 0 Å². The smallest absolute Gasteiger partial charge is 0.0809 e. The quantitative estimate of drug-likeness (QED) is 0.615. The van der Waals surface area contributed by atoms with Crippen LogP contribution in [0.4, 0.5) is 0 Å². The van der Waals surface area contributed by atoms with Crippen molar-refractivity contribution in [3.63, 3.8) is 0 Å². The average Bonchev–Trinajstić information content (AvgIpc) is 2.74. The molecule has 0 aliphatic carbocycles. The molecule has 0 saturated carbocycles. The molecule has 1 atom stereocenters. The van der Waals surface area contributed by atoms with Gasteiger partial charge in [0, 0.05) is 13.2 Å². The van der Waals surface area contributed by atoms with Gasteiger partial charge in [-0.1, -0.05) is 13.8 Å². The molecule has 0 spiro atoms. The summed E-state index contributed by atoms with van der Waals surface area (Å²) in [7, 11) is 0. The lowest BCUT2D eigenvalue weighted by Crippen LogP contribution is -2.20. The van der Waals surface area contributed by atoms with Crippen LogP contribution in [0.3, 0.4) is 0 Å². The highest BCUT2D eigenvalue weighted by atomic mass is 16.5. The molecule has 0 aromatic heterocycles. The lowest BCUT2D eigenvalue weighted by atomic mass is 10.1. The fourth-order valence-corrected chi connectivity index (χ4v) is 1.81. The Labute approximate surface area is 99.9 Å². The van der Waals surface area contributed by atoms with Gasteiger partial charge in [-0.15, -0.1) is 0 Å². The Morgan fingerprint density at radius 2 is 2.25 bits per heavy atom. The number of hydrogen-bond donors (Lipinski definition) is 1. The summed E-state index contributed by atoms with van der Waals surface area (Å²) < 4.78 is 11.1. The maximum absolute atomic E-state index is 5.58. The first-order valence-corrected chi connectivity index (χ1v) is 6.69. The SMILES string of the molecule is CC(C)CCNCCCOCC1CCCO1. The summed E-state index contributed by atoms with van der Waals surface area (Å²) in [5, 5.41) is 3.43. The van der Waals surface area contributed by atoms with Crippen LogP contribution in [0.15, 0.2) is 0 Å². The van der Waals surface area contributed by atoms with Crippen LogP contribution in [0.1, 0.15) is 39.5 Å². The van der Waals surface area contributed by atoms with Crippen LogP contribution in [0.25, 0.3) is 0 Å². The molecule has 1 rings (SSSR count). The summed E-state index contributed by atoms with van der Waals surface area (Å²) >= 11 is 0. The first-order valence-electron chi connectivity index (χ1n) is 6.69. The van der Waals surface area contributed by atoms with Crippen molar-refractivity contribution < 1.29 is 9.47 Å². The molecule has 1 aliphatic heterocycles. The zero-order valence-corrected chi connectivity index (χ0v) is 10.8. The van der Waals surface area contributed by atoms with Crippen molar-refractivity contribution >= 4 is 0 Å². The minimum Gasteiger partial charge on any atom is -0.379 e. The van der Waals surface area contributed by atoms with Gasteiger partial charge in [0.1, 0.15) is 0 Å². The zero-order valence-electron chi connectivity index (χ0n) is 10.8. The molecule has 16 heavy (non-hydrogen) atoms. The average molecular weight is 229 g/mol. The Hall–Kier alpha value is -0.120. The molecule has 1 aliphatic rings. The van der Waals surface area contributed by atoms with E-state index in [9.17, 15) is 0 Å². The van der Waals surface area contributed by atoms with Crippen molar-refractivity contribution in [2.75, 3.05) is 32.9 Å². The van der Waals surface area contributed by atoms with E-state index in [1.165, 1.54) is 19.3 Å². The van der Waals surface area contributed by atoms with Gasteiger partial charge in [-0.25, -0.2) is 0 Å². The van der Waals surface area contributed by atoms with Gasteiger partial charge >= 0.3 is 0 Å². The highest BCUT2D eigenvalue weighted by molar-refractivity contribution is 4.63. The summed E-state index contributed by atoms with van der Waals surface area (Å²) in [4.78, 5) is 0. The van der Waals surface area contributed by atoms with Crippen molar-refractivity contribution in [3.8, 4) is 0 Å². The predicted molar refractivity (Wildman–Crippen MR) is 66.7 cm³/mol. The minimum atomic E-state index is 0.369. The van der Waals surface area contributed by atoms with Crippen molar-refractivity contribution in [1.82, 2.24) is 5.32 Å². The van der Waals surface area contributed by atoms with E-state index in [1.807, 2.05) is 0 Å². The molecule has 96 valence electrons. The largest absolute Gasteiger partial charge is 0.379 e. The maximum atomic E-state index is 5.58. The molecular formula is C13H27NO2. The Balaban J connectivity index is 1.74. The Bertz CT molecular complexity index is 156. The zero-order chi connectivity index (χ0) is 11.6. The van der Waals surface area contributed by atoms with Crippen molar-refractivity contribution in [1.29, 1.82) is 0 Å². The molecule has 1 N–H and O–H groups in total. The Kier molecular flexibility index (Phi) is 7.81. The monoisotopic (exact) mass is 229 g/mol. The first-order chi connectivity index (χ1) is 7.79. The summed E-state index contributed by atoms with van der Waals surface area (Å²) in [5.41, 5.74) is 0. The molecule has 1 heterocycles. The summed E-state index contributed by atoms with van der Waals surface area (Å²) in [6.07, 6.45) is 5.10. The summed E-state index contributed by atoms with van der Waals surface area (Å²) in [6.45, 7) is 9.27. The van der Waals surface area contributed by atoms with E-state index in [4.69, 9.17) is 9.47 Å². The van der Waals surface area contributed by atoms with Crippen molar-refractivity contribution in [3.05, 3.63) is 0 Å². The van der Waals surface area contributed by atoms with Gasteiger partial charge in [-0.05, 0) is 44.7 Å². The molecule has 1 fully saturated rings. The first kappa shape index (κ1) is 13.9. The molecular weight excluding hydrogens is 202 g/mol. The molecule has 0 bridgehead atoms. The fourth-order valence-electron chi connectivity index (χ4n) is 1.81. The third-order valence-corrected chi connectivity index (χ3v) is 2.87. The van der Waals surface area contributed by atoms with Crippen LogP contribution in [0.5, 0.6) is 0 Å². The van der Waals surface area contributed by atoms with Crippen LogP contribution < -0.4 is 5.32 Å². The van der Waals surface area contributed by atoms with Gasteiger partial charge in [0.2, 0.25) is 0 Å². The molecule has 0 amide bonds. The second kappa shape index (κ2) is 8.97. The molecule has 0 aromatic carbocycles. The predicted octanol–water partition coefficient (Wildman–Crippen LogP) is 2.21. The van der Waals surface area contributed by atoms with E-state index in [-0.39, 0.29) is 0 Å². The minimum absolute atomic E-state index is 0.369. The third-order valence-electron chi connectivity index (χ3n) is 2.87. The molecule has 1 saturated heterocycles. The van der Waals surface area contributed by atoms with E-state index in [0.29, 0.717) is 6.10 Å². The molecule has 0 radical (unpaired) electrons. The van der Waals surface area contributed by atoms with Crippen LogP contribution in [0, 0.1) is 5.92 Å². The Morgan fingerprint density at radius 3 is 2.94 bits per heavy atom. The van der Waals surface area contributed by atoms with Gasteiger partial charge < -0.3 is 14.8 Å². The van der Waals surface area contributed by atoms with E-state index in [2.05, 4.69) is 19.2 Å². The van der Waals surface area contributed by atoms with Crippen LogP contribution in [0.2, 0.25) is 0 Å². The van der Waals surface area contributed by atoms with E-state index < -0.39 is 0 Å².